The Hall–Kier alpha value is -1.33. The fourth-order valence-corrected chi connectivity index (χ4v) is 2.71. The van der Waals surface area contributed by atoms with Crippen molar-refractivity contribution in [1.82, 2.24) is 4.98 Å². The van der Waals surface area contributed by atoms with E-state index in [0.29, 0.717) is 6.61 Å². The number of rotatable bonds is 7. The second-order valence-corrected chi connectivity index (χ2v) is 5.26. The Morgan fingerprint density at radius 3 is 2.89 bits per heavy atom. The van der Waals surface area contributed by atoms with Gasteiger partial charge < -0.3 is 14.8 Å². The molecule has 5 heteroatoms. The zero-order valence-electron chi connectivity index (χ0n) is 11.6. The molecule has 1 N–H and O–H groups in total. The van der Waals surface area contributed by atoms with Gasteiger partial charge in [-0.3, -0.25) is 0 Å². The number of ether oxygens (including phenoxy) is 2. The number of anilines is 1. The summed E-state index contributed by atoms with van der Waals surface area (Å²) in [5.41, 5.74) is 1.00. The molecule has 0 bridgehead atoms. The number of aromatic nitrogens is 1. The number of fused-ring (bicyclic) bond motifs is 1. The molecule has 0 spiro atoms. The van der Waals surface area contributed by atoms with Crippen molar-refractivity contribution in [2.24, 2.45) is 0 Å². The van der Waals surface area contributed by atoms with Crippen molar-refractivity contribution in [3.8, 4) is 5.75 Å². The van der Waals surface area contributed by atoms with E-state index in [1.165, 1.54) is 0 Å². The third-order valence-electron chi connectivity index (χ3n) is 2.66. The summed E-state index contributed by atoms with van der Waals surface area (Å²) in [5.74, 6) is 0.896. The van der Waals surface area contributed by atoms with Crippen molar-refractivity contribution >= 4 is 26.7 Å². The Kier molecular flexibility index (Phi) is 4.99. The maximum atomic E-state index is 5.49. The first kappa shape index (κ1) is 14.1. The van der Waals surface area contributed by atoms with Gasteiger partial charge in [-0.25, -0.2) is 4.98 Å². The number of hydrogen-bond acceptors (Lipinski definition) is 5. The van der Waals surface area contributed by atoms with Crippen LogP contribution in [0.3, 0.4) is 0 Å². The van der Waals surface area contributed by atoms with E-state index in [1.807, 2.05) is 32.0 Å². The van der Waals surface area contributed by atoms with Gasteiger partial charge in [0, 0.05) is 13.2 Å². The monoisotopic (exact) mass is 280 g/mol. The first-order chi connectivity index (χ1) is 9.22. The molecule has 0 radical (unpaired) electrons. The quantitative estimate of drug-likeness (QED) is 0.842. The summed E-state index contributed by atoms with van der Waals surface area (Å²) in [6.45, 7) is 8.23. The van der Waals surface area contributed by atoms with Gasteiger partial charge in [0.25, 0.3) is 0 Å². The highest BCUT2D eigenvalue weighted by Crippen LogP contribution is 2.29. The Labute approximate surface area is 117 Å². The van der Waals surface area contributed by atoms with Crippen LogP contribution in [0.1, 0.15) is 20.8 Å². The number of hydrogen-bond donors (Lipinski definition) is 1. The van der Waals surface area contributed by atoms with Gasteiger partial charge >= 0.3 is 0 Å². The third kappa shape index (κ3) is 3.81. The minimum Gasteiger partial charge on any atom is -0.494 e. The van der Waals surface area contributed by atoms with E-state index in [9.17, 15) is 0 Å². The van der Waals surface area contributed by atoms with Crippen molar-refractivity contribution in [3.63, 3.8) is 0 Å². The molecule has 0 aliphatic heterocycles. The zero-order chi connectivity index (χ0) is 13.7. The van der Waals surface area contributed by atoms with Crippen LogP contribution in [0.25, 0.3) is 10.2 Å². The summed E-state index contributed by atoms with van der Waals surface area (Å²) in [6, 6.07) is 5.99. The summed E-state index contributed by atoms with van der Waals surface area (Å²) in [5, 5.41) is 4.24. The largest absolute Gasteiger partial charge is 0.494 e. The van der Waals surface area contributed by atoms with Crippen molar-refractivity contribution in [2.75, 3.05) is 25.1 Å². The number of nitrogens with one attached hydrogen (secondary N) is 1. The minimum absolute atomic E-state index is 0.191. The third-order valence-corrected chi connectivity index (χ3v) is 3.64. The molecule has 2 aromatic rings. The average molecular weight is 280 g/mol. The van der Waals surface area contributed by atoms with E-state index in [4.69, 9.17) is 9.47 Å². The van der Waals surface area contributed by atoms with Gasteiger partial charge in [0.15, 0.2) is 5.13 Å². The predicted octanol–water partition coefficient (Wildman–Crippen LogP) is 3.53. The summed E-state index contributed by atoms with van der Waals surface area (Å²) >= 11 is 1.64. The predicted molar refractivity (Wildman–Crippen MR) is 80.4 cm³/mol. The van der Waals surface area contributed by atoms with E-state index < -0.39 is 0 Å². The van der Waals surface area contributed by atoms with Gasteiger partial charge in [-0.2, -0.15) is 0 Å². The van der Waals surface area contributed by atoms with Crippen LogP contribution in [0.15, 0.2) is 18.2 Å². The van der Waals surface area contributed by atoms with Gasteiger partial charge in [0.2, 0.25) is 0 Å². The van der Waals surface area contributed by atoms with Crippen LogP contribution < -0.4 is 10.1 Å². The first-order valence-corrected chi connectivity index (χ1v) is 7.43. The van der Waals surface area contributed by atoms with Crippen molar-refractivity contribution in [2.45, 2.75) is 26.9 Å². The summed E-state index contributed by atoms with van der Waals surface area (Å²) in [7, 11) is 0. The van der Waals surface area contributed by atoms with Gasteiger partial charge in [0.1, 0.15) is 5.75 Å². The van der Waals surface area contributed by atoms with Gasteiger partial charge in [-0.1, -0.05) is 11.3 Å². The van der Waals surface area contributed by atoms with E-state index >= 15 is 0 Å². The maximum Gasteiger partial charge on any atom is 0.183 e. The molecule has 0 saturated heterocycles. The van der Waals surface area contributed by atoms with Crippen molar-refractivity contribution < 1.29 is 9.47 Å². The molecule has 0 saturated carbocycles. The zero-order valence-corrected chi connectivity index (χ0v) is 12.4. The first-order valence-electron chi connectivity index (χ1n) is 6.61. The minimum atomic E-state index is 0.191. The Balaban J connectivity index is 2.04. The Morgan fingerprint density at radius 2 is 2.16 bits per heavy atom. The molecule has 0 amide bonds. The van der Waals surface area contributed by atoms with Crippen LogP contribution in [-0.2, 0) is 4.74 Å². The molecule has 0 aliphatic rings. The van der Waals surface area contributed by atoms with Gasteiger partial charge in [-0.05, 0) is 39.0 Å². The SMILES string of the molecule is CCOc1ccc2nc(NCC(C)OCC)sc2c1. The molecule has 2 rings (SSSR count). The van der Waals surface area contributed by atoms with Crippen LogP contribution in [0, 0.1) is 0 Å². The average Bonchev–Trinajstić information content (AvgIpc) is 2.79. The molecular formula is C14H20N2O2S. The Morgan fingerprint density at radius 1 is 1.32 bits per heavy atom. The summed E-state index contributed by atoms with van der Waals surface area (Å²) in [4.78, 5) is 4.54. The number of benzene rings is 1. The standard InChI is InChI=1S/C14H20N2O2S/c1-4-17-10(3)9-15-14-16-12-7-6-11(18-5-2)8-13(12)19-14/h6-8,10H,4-5,9H2,1-3H3,(H,15,16). The highest BCUT2D eigenvalue weighted by atomic mass is 32.1. The van der Waals surface area contributed by atoms with Crippen LogP contribution in [0.2, 0.25) is 0 Å². The normalized spacial score (nSPS) is 12.6. The molecule has 1 heterocycles. The molecule has 0 aliphatic carbocycles. The van der Waals surface area contributed by atoms with E-state index in [1.54, 1.807) is 11.3 Å². The highest BCUT2D eigenvalue weighted by molar-refractivity contribution is 7.22. The van der Waals surface area contributed by atoms with Crippen LogP contribution in [-0.4, -0.2) is 30.8 Å². The van der Waals surface area contributed by atoms with Crippen molar-refractivity contribution in [3.05, 3.63) is 18.2 Å². The van der Waals surface area contributed by atoms with E-state index in [2.05, 4.69) is 17.2 Å². The number of nitrogens with zero attached hydrogens (tertiary/aromatic N) is 1. The molecule has 19 heavy (non-hydrogen) atoms. The number of thiazole rings is 1. The lowest BCUT2D eigenvalue weighted by molar-refractivity contribution is 0.0855. The molecular weight excluding hydrogens is 260 g/mol. The van der Waals surface area contributed by atoms with Crippen LogP contribution in [0.5, 0.6) is 5.75 Å². The lowest BCUT2D eigenvalue weighted by Gasteiger charge is -2.11. The fraction of sp³-hybridized carbons (Fsp3) is 0.500. The molecule has 104 valence electrons. The van der Waals surface area contributed by atoms with Crippen molar-refractivity contribution in [1.29, 1.82) is 0 Å². The highest BCUT2D eigenvalue weighted by Gasteiger charge is 2.06. The second kappa shape index (κ2) is 6.73. The fourth-order valence-electron chi connectivity index (χ4n) is 1.81. The molecule has 4 nitrogen and oxygen atoms in total. The summed E-state index contributed by atoms with van der Waals surface area (Å²) < 4.78 is 12.1. The lowest BCUT2D eigenvalue weighted by atomic mass is 10.3. The van der Waals surface area contributed by atoms with Crippen LogP contribution >= 0.6 is 11.3 Å². The topological polar surface area (TPSA) is 43.4 Å². The lowest BCUT2D eigenvalue weighted by Crippen LogP contribution is -2.19. The summed E-state index contributed by atoms with van der Waals surface area (Å²) in [6.07, 6.45) is 0.191. The van der Waals surface area contributed by atoms with Gasteiger partial charge in [0.05, 0.1) is 22.9 Å². The second-order valence-electron chi connectivity index (χ2n) is 4.23. The van der Waals surface area contributed by atoms with Gasteiger partial charge in [-0.15, -0.1) is 0 Å². The van der Waals surface area contributed by atoms with E-state index in [-0.39, 0.29) is 6.10 Å². The smallest absolute Gasteiger partial charge is 0.183 e. The molecule has 1 atom stereocenters. The molecule has 1 aromatic heterocycles. The van der Waals surface area contributed by atoms with E-state index in [0.717, 1.165) is 34.2 Å². The molecule has 1 unspecified atom stereocenters. The Bertz CT molecular complexity index is 527. The maximum absolute atomic E-state index is 5.49. The van der Waals surface area contributed by atoms with Crippen LogP contribution in [0.4, 0.5) is 5.13 Å². The molecule has 1 aromatic carbocycles. The molecule has 0 fully saturated rings.